The largest absolute Gasteiger partial charge is 0.550 e. The van der Waals surface area contributed by atoms with Gasteiger partial charge in [-0.1, -0.05) is 57.4 Å². The van der Waals surface area contributed by atoms with Gasteiger partial charge in [-0.3, -0.25) is 9.59 Å². The Morgan fingerprint density at radius 1 is 1.16 bits per heavy atom. The summed E-state index contributed by atoms with van der Waals surface area (Å²) in [5.41, 5.74) is -0.120. The average Bonchev–Trinajstić information content (AvgIpc) is 2.70. The second-order valence-corrected chi connectivity index (χ2v) is 12.1. The zero-order chi connectivity index (χ0) is 22.5. The van der Waals surface area contributed by atoms with E-state index in [0.717, 1.165) is 32.1 Å². The molecule has 6 aliphatic rings. The molecule has 8 atom stereocenters. The minimum Gasteiger partial charge on any atom is -0.550 e. The van der Waals surface area contributed by atoms with Gasteiger partial charge in [0.25, 0.3) is 0 Å². The number of carboxylic acids is 1. The molecular weight excluding hydrogens is 412 g/mol. The number of rotatable bonds is 2. The molecule has 0 saturated heterocycles. The Labute approximate surface area is 189 Å². The molecule has 5 heteroatoms. The molecule has 6 rings (SSSR count). The topological polar surface area (TPSA) is 74.3 Å². The first-order valence-electron chi connectivity index (χ1n) is 11.9. The molecule has 0 N–H and O–H groups in total. The van der Waals surface area contributed by atoms with Gasteiger partial charge in [-0.25, -0.2) is 0 Å². The van der Waals surface area contributed by atoms with E-state index in [2.05, 4.69) is 26.8 Å². The van der Waals surface area contributed by atoms with Crippen molar-refractivity contribution in [1.29, 1.82) is 0 Å². The van der Waals surface area contributed by atoms with Crippen molar-refractivity contribution in [2.45, 2.75) is 66.2 Å². The molecule has 1 spiro atoms. The number of Topliss-reactive ketones (excluding diaryl/α,β-unsaturated/α-hetero) is 1. The predicted octanol–water partition coefficient (Wildman–Crippen LogP) is 4.07. The molecule has 0 aliphatic heterocycles. The van der Waals surface area contributed by atoms with Crippen LogP contribution in [0.2, 0.25) is 0 Å². The number of carboxylic acid groups (broad SMARTS) is 1. The maximum absolute atomic E-state index is 13.4. The lowest BCUT2D eigenvalue weighted by Crippen LogP contribution is -2.67. The normalized spacial score (nSPS) is 48.5. The Morgan fingerprint density at radius 3 is 2.52 bits per heavy atom. The van der Waals surface area contributed by atoms with Crippen LogP contribution in [-0.4, -0.2) is 17.5 Å². The maximum atomic E-state index is 13.4. The number of halogens is 1. The molecule has 2 bridgehead atoms. The minimum atomic E-state index is -0.938. The van der Waals surface area contributed by atoms with Crippen molar-refractivity contribution >= 4 is 29.1 Å². The number of fused-ring (bicyclic) bond motifs is 1. The molecule has 0 amide bonds. The zero-order valence-electron chi connectivity index (χ0n) is 18.9. The third kappa shape index (κ3) is 2.52. The number of hydrogen-bond acceptors (Lipinski definition) is 4. The first-order valence-corrected chi connectivity index (χ1v) is 12.2. The first-order chi connectivity index (χ1) is 14.5. The van der Waals surface area contributed by atoms with E-state index in [1.807, 2.05) is 6.92 Å². The lowest BCUT2D eigenvalue weighted by Gasteiger charge is -2.70. The Morgan fingerprint density at radius 2 is 1.87 bits per heavy atom. The summed E-state index contributed by atoms with van der Waals surface area (Å²) >= 11 is 6.29. The summed E-state index contributed by atoms with van der Waals surface area (Å²) in [4.78, 5) is 38.8. The van der Waals surface area contributed by atoms with Crippen LogP contribution in [0.5, 0.6) is 0 Å². The molecule has 8 unspecified atom stereocenters. The van der Waals surface area contributed by atoms with Crippen LogP contribution >= 0.6 is 11.6 Å². The van der Waals surface area contributed by atoms with E-state index >= 15 is 0 Å². The number of carbonyl (C=O) groups is 3. The van der Waals surface area contributed by atoms with E-state index in [1.165, 1.54) is 11.6 Å². The molecule has 3 saturated carbocycles. The van der Waals surface area contributed by atoms with Gasteiger partial charge in [-0.2, -0.15) is 0 Å². The van der Waals surface area contributed by atoms with Crippen LogP contribution in [0, 0.1) is 51.8 Å². The Bertz CT molecular complexity index is 947. The fourth-order valence-electron chi connectivity index (χ4n) is 9.06. The fourth-order valence-corrected chi connectivity index (χ4v) is 9.29. The average molecular weight is 444 g/mol. The van der Waals surface area contributed by atoms with E-state index in [1.54, 1.807) is 0 Å². The lowest BCUT2D eigenvalue weighted by atomic mass is 9.33. The summed E-state index contributed by atoms with van der Waals surface area (Å²) in [6, 6.07) is 0. The molecular formula is C26H32ClO4-. The van der Waals surface area contributed by atoms with Gasteiger partial charge in [0, 0.05) is 34.7 Å². The minimum absolute atomic E-state index is 0.000769. The summed E-state index contributed by atoms with van der Waals surface area (Å²) in [6.07, 6.45) is 8.56. The Hall–Kier alpha value is -1.42. The van der Waals surface area contributed by atoms with Crippen molar-refractivity contribution in [2.24, 2.45) is 51.8 Å². The third-order valence-corrected chi connectivity index (χ3v) is 10.6. The maximum Gasteiger partial charge on any atom is 0.179 e. The van der Waals surface area contributed by atoms with Crippen molar-refractivity contribution in [2.75, 3.05) is 0 Å². The second-order valence-electron chi connectivity index (χ2n) is 11.7. The van der Waals surface area contributed by atoms with Crippen molar-refractivity contribution in [3.63, 3.8) is 0 Å². The smallest absolute Gasteiger partial charge is 0.179 e. The summed E-state index contributed by atoms with van der Waals surface area (Å²) in [5, 5.41) is 12.3. The standard InChI is InChI=1S/C26H33ClO4/c1-13(2)15-12-26-9-6-18-24(3,7-5-8-25(18,4)23(30)31)19(26)10-14(15)20-17(28)11-16(27)22(29)21(20)26/h11-14,18-21H,5-10H2,1-4H3,(H,30,31)/p-1. The third-order valence-electron chi connectivity index (χ3n) is 10.3. The highest BCUT2D eigenvalue weighted by molar-refractivity contribution is 6.45. The lowest BCUT2D eigenvalue weighted by molar-refractivity contribution is -0.328. The van der Waals surface area contributed by atoms with Crippen LogP contribution in [0.4, 0.5) is 0 Å². The van der Waals surface area contributed by atoms with Gasteiger partial charge in [0.05, 0.1) is 5.03 Å². The van der Waals surface area contributed by atoms with Crippen LogP contribution in [0.15, 0.2) is 22.8 Å². The monoisotopic (exact) mass is 443 g/mol. The van der Waals surface area contributed by atoms with Crippen LogP contribution in [0.1, 0.15) is 66.2 Å². The molecule has 0 radical (unpaired) electrons. The number of allylic oxidation sites excluding steroid dienone is 4. The van der Waals surface area contributed by atoms with Crippen LogP contribution in [0.25, 0.3) is 0 Å². The SMILES string of the molecule is CC(C)C1=CC23CCC4C(C)(C(=O)[O-])CCCC4(C)C2CC1C1C(=O)C=C(Cl)C(=O)C13. The number of carbonyl (C=O) groups excluding carboxylic acids is 3. The van der Waals surface area contributed by atoms with Crippen molar-refractivity contribution in [1.82, 2.24) is 0 Å². The molecule has 168 valence electrons. The number of hydrogen-bond donors (Lipinski definition) is 0. The highest BCUT2D eigenvalue weighted by atomic mass is 35.5. The van der Waals surface area contributed by atoms with Crippen molar-refractivity contribution in [3.8, 4) is 0 Å². The van der Waals surface area contributed by atoms with Gasteiger partial charge in [0.1, 0.15) is 0 Å². The van der Waals surface area contributed by atoms with E-state index in [0.29, 0.717) is 12.3 Å². The predicted molar refractivity (Wildman–Crippen MR) is 116 cm³/mol. The summed E-state index contributed by atoms with van der Waals surface area (Å²) < 4.78 is 0. The highest BCUT2D eigenvalue weighted by Crippen LogP contribution is 2.74. The summed E-state index contributed by atoms with van der Waals surface area (Å²) in [6.45, 7) is 8.48. The number of ketones is 2. The first kappa shape index (κ1) is 21.4. The van der Waals surface area contributed by atoms with Gasteiger partial charge in [0.15, 0.2) is 11.6 Å². The molecule has 6 aliphatic carbocycles. The van der Waals surface area contributed by atoms with E-state index in [4.69, 9.17) is 11.6 Å². The van der Waals surface area contributed by atoms with Gasteiger partial charge in [-0.15, -0.1) is 0 Å². The molecule has 0 aromatic rings. The number of aliphatic carboxylic acids is 1. The van der Waals surface area contributed by atoms with Gasteiger partial charge < -0.3 is 9.90 Å². The second kappa shape index (κ2) is 6.56. The van der Waals surface area contributed by atoms with Crippen molar-refractivity contribution < 1.29 is 19.5 Å². The fraction of sp³-hybridized carbons (Fsp3) is 0.731. The Kier molecular flexibility index (Phi) is 4.53. The summed E-state index contributed by atoms with van der Waals surface area (Å²) in [7, 11) is 0. The van der Waals surface area contributed by atoms with Gasteiger partial charge in [0.2, 0.25) is 0 Å². The molecule has 0 aromatic carbocycles. The Balaban J connectivity index is 1.69. The van der Waals surface area contributed by atoms with Gasteiger partial charge in [-0.05, 0) is 61.2 Å². The van der Waals surface area contributed by atoms with Gasteiger partial charge >= 0.3 is 0 Å². The molecule has 0 aromatic heterocycles. The van der Waals surface area contributed by atoms with Crippen molar-refractivity contribution in [3.05, 3.63) is 22.8 Å². The molecule has 0 heterocycles. The molecule has 4 nitrogen and oxygen atoms in total. The summed E-state index contributed by atoms with van der Waals surface area (Å²) in [5.74, 6) is -1.16. The van der Waals surface area contributed by atoms with E-state index < -0.39 is 22.7 Å². The van der Waals surface area contributed by atoms with Crippen LogP contribution in [-0.2, 0) is 14.4 Å². The highest BCUT2D eigenvalue weighted by Gasteiger charge is 2.70. The quantitative estimate of drug-likeness (QED) is 0.603. The molecule has 31 heavy (non-hydrogen) atoms. The van der Waals surface area contributed by atoms with E-state index in [-0.39, 0.29) is 45.7 Å². The van der Waals surface area contributed by atoms with Crippen LogP contribution in [0.3, 0.4) is 0 Å². The van der Waals surface area contributed by atoms with E-state index in [9.17, 15) is 19.5 Å². The molecule has 3 fully saturated rings. The van der Waals surface area contributed by atoms with Crippen LogP contribution < -0.4 is 5.11 Å². The zero-order valence-corrected chi connectivity index (χ0v) is 19.6.